The van der Waals surface area contributed by atoms with Gasteiger partial charge in [0, 0.05) is 10.7 Å². The Labute approximate surface area is 198 Å². The molecule has 2 aromatic rings. The molecular formula is C19H18Cl2N4O7S. The average Bonchev–Trinajstić information content (AvgIpc) is 2.74. The summed E-state index contributed by atoms with van der Waals surface area (Å²) in [6.07, 6.45) is 0. The van der Waals surface area contributed by atoms with E-state index >= 15 is 0 Å². The molecule has 0 heterocycles. The minimum absolute atomic E-state index is 0.110. The van der Waals surface area contributed by atoms with Gasteiger partial charge in [0.1, 0.15) is 6.54 Å². The Morgan fingerprint density at radius 2 is 1.67 bits per heavy atom. The Hall–Kier alpha value is -3.19. The number of hydrogen-bond acceptors (Lipinski definition) is 7. The zero-order chi connectivity index (χ0) is 24.6. The van der Waals surface area contributed by atoms with Crippen LogP contribution in [-0.4, -0.2) is 51.8 Å². The van der Waals surface area contributed by atoms with Gasteiger partial charge in [-0.25, -0.2) is 13.6 Å². The fraction of sp³-hybridized carbons (Fsp3) is 0.158. The molecule has 2 rings (SSSR count). The van der Waals surface area contributed by atoms with E-state index in [-0.39, 0.29) is 21.2 Å². The molecule has 2 aromatic carbocycles. The zero-order valence-electron chi connectivity index (χ0n) is 16.8. The number of rotatable bonds is 9. The van der Waals surface area contributed by atoms with Gasteiger partial charge in [-0.2, -0.15) is 0 Å². The number of esters is 1. The number of carbonyl (C=O) groups is 4. The van der Waals surface area contributed by atoms with Gasteiger partial charge < -0.3 is 20.7 Å². The molecule has 14 heteroatoms. The van der Waals surface area contributed by atoms with Crippen LogP contribution in [0, 0.1) is 0 Å². The van der Waals surface area contributed by atoms with Crippen molar-refractivity contribution < 1.29 is 32.3 Å². The fourth-order valence-corrected chi connectivity index (χ4v) is 3.36. The van der Waals surface area contributed by atoms with Gasteiger partial charge in [-0.1, -0.05) is 29.3 Å². The summed E-state index contributed by atoms with van der Waals surface area (Å²) in [5.74, 6) is -2.95. The third-order valence-corrected chi connectivity index (χ3v) is 5.28. The van der Waals surface area contributed by atoms with E-state index in [1.54, 1.807) is 0 Å². The predicted molar refractivity (Wildman–Crippen MR) is 119 cm³/mol. The minimum Gasteiger partial charge on any atom is -0.454 e. The smallest absolute Gasteiger partial charge is 0.325 e. The highest BCUT2D eigenvalue weighted by Gasteiger charge is 2.14. The van der Waals surface area contributed by atoms with Crippen LogP contribution in [-0.2, 0) is 29.1 Å². The number of amides is 3. The van der Waals surface area contributed by atoms with Crippen LogP contribution >= 0.6 is 23.2 Å². The Morgan fingerprint density at radius 1 is 0.939 bits per heavy atom. The molecule has 0 fully saturated rings. The van der Waals surface area contributed by atoms with Gasteiger partial charge in [-0.15, -0.1) is 0 Å². The normalized spacial score (nSPS) is 10.8. The lowest BCUT2D eigenvalue weighted by atomic mass is 10.2. The van der Waals surface area contributed by atoms with Gasteiger partial charge in [0.05, 0.1) is 22.0 Å². The molecule has 5 N–H and O–H groups in total. The highest BCUT2D eigenvalue weighted by molar-refractivity contribution is 7.89. The second-order valence-corrected chi connectivity index (χ2v) is 8.77. The first-order valence-corrected chi connectivity index (χ1v) is 11.3. The molecule has 0 aliphatic heterocycles. The van der Waals surface area contributed by atoms with Crippen molar-refractivity contribution in [1.29, 1.82) is 0 Å². The molecule has 0 bridgehead atoms. The Morgan fingerprint density at radius 3 is 2.33 bits per heavy atom. The van der Waals surface area contributed by atoms with Crippen LogP contribution in [0.2, 0.25) is 10.0 Å². The van der Waals surface area contributed by atoms with Crippen molar-refractivity contribution in [3.63, 3.8) is 0 Å². The van der Waals surface area contributed by atoms with Crippen molar-refractivity contribution in [3.05, 3.63) is 58.1 Å². The highest BCUT2D eigenvalue weighted by atomic mass is 35.5. The monoisotopic (exact) mass is 516 g/mol. The van der Waals surface area contributed by atoms with Crippen LogP contribution in [0.15, 0.2) is 47.4 Å². The lowest BCUT2D eigenvalue weighted by molar-refractivity contribution is -0.147. The van der Waals surface area contributed by atoms with Gasteiger partial charge in [-0.3, -0.25) is 19.2 Å². The number of nitrogens with one attached hydrogen (secondary N) is 3. The summed E-state index contributed by atoms with van der Waals surface area (Å²) in [6.45, 7) is -1.67. The molecule has 176 valence electrons. The standard InChI is InChI=1S/C19H18Cl2N4O7S/c20-11-4-5-14(15(21)6-11)19(29)24-8-16(26)23-9-18(28)32-10-17(27)25-12-2-1-3-13(7-12)33(22,30)31/h1-7H,8-10H2,(H,23,26)(H,24,29)(H,25,27)(H2,22,30,31). The van der Waals surface area contributed by atoms with Gasteiger partial charge in [-0.05, 0) is 36.4 Å². The van der Waals surface area contributed by atoms with E-state index in [0.717, 1.165) is 6.07 Å². The van der Waals surface area contributed by atoms with Gasteiger partial charge in [0.25, 0.3) is 11.8 Å². The predicted octanol–water partition coefficient (Wildman–Crippen LogP) is 0.669. The second-order valence-electron chi connectivity index (χ2n) is 6.37. The molecule has 0 aliphatic carbocycles. The van der Waals surface area contributed by atoms with Crippen molar-refractivity contribution >= 4 is 62.6 Å². The maximum atomic E-state index is 12.0. The second kappa shape index (κ2) is 11.6. The zero-order valence-corrected chi connectivity index (χ0v) is 19.1. The van der Waals surface area contributed by atoms with Crippen molar-refractivity contribution in [2.75, 3.05) is 25.0 Å². The molecule has 0 atom stereocenters. The molecule has 0 radical (unpaired) electrons. The third-order valence-electron chi connectivity index (χ3n) is 3.83. The summed E-state index contributed by atoms with van der Waals surface area (Å²) in [5, 5.41) is 12.4. The quantitative estimate of drug-likeness (QED) is 0.354. The van der Waals surface area contributed by atoms with Crippen molar-refractivity contribution in [2.45, 2.75) is 4.90 Å². The number of nitrogens with two attached hydrogens (primary N) is 1. The molecular weight excluding hydrogens is 499 g/mol. The van der Waals surface area contributed by atoms with Crippen LogP contribution in [0.4, 0.5) is 5.69 Å². The maximum Gasteiger partial charge on any atom is 0.325 e. The molecule has 0 unspecified atom stereocenters. The van der Waals surface area contributed by atoms with Gasteiger partial charge >= 0.3 is 5.97 Å². The van der Waals surface area contributed by atoms with Crippen LogP contribution in [0.3, 0.4) is 0 Å². The molecule has 33 heavy (non-hydrogen) atoms. The van der Waals surface area contributed by atoms with E-state index in [4.69, 9.17) is 33.1 Å². The van der Waals surface area contributed by atoms with Crippen LogP contribution in [0.1, 0.15) is 10.4 Å². The summed E-state index contributed by atoms with van der Waals surface area (Å²) in [5.41, 5.74) is 0.251. The Balaban J connectivity index is 1.71. The summed E-state index contributed by atoms with van der Waals surface area (Å²) < 4.78 is 27.4. The van der Waals surface area contributed by atoms with Crippen molar-refractivity contribution in [3.8, 4) is 0 Å². The largest absolute Gasteiger partial charge is 0.454 e. The molecule has 0 saturated heterocycles. The van der Waals surface area contributed by atoms with E-state index < -0.39 is 53.4 Å². The number of primary sulfonamides is 1. The first-order chi connectivity index (χ1) is 15.5. The first kappa shape index (κ1) is 26.1. The van der Waals surface area contributed by atoms with E-state index in [0.29, 0.717) is 5.02 Å². The van der Waals surface area contributed by atoms with Gasteiger partial charge in [0.15, 0.2) is 6.61 Å². The first-order valence-electron chi connectivity index (χ1n) is 9.04. The number of halogens is 2. The number of sulfonamides is 1. The minimum atomic E-state index is -3.95. The molecule has 0 aromatic heterocycles. The van der Waals surface area contributed by atoms with E-state index in [1.165, 1.54) is 36.4 Å². The van der Waals surface area contributed by atoms with Crippen LogP contribution in [0.5, 0.6) is 0 Å². The Kier molecular flexibility index (Phi) is 9.17. The summed E-state index contributed by atoms with van der Waals surface area (Å²) >= 11 is 11.7. The molecule has 3 amide bonds. The molecule has 0 aliphatic rings. The number of anilines is 1. The van der Waals surface area contributed by atoms with Crippen molar-refractivity contribution in [2.24, 2.45) is 5.14 Å². The maximum absolute atomic E-state index is 12.0. The summed E-state index contributed by atoms with van der Waals surface area (Å²) in [4.78, 5) is 47.2. The summed E-state index contributed by atoms with van der Waals surface area (Å²) in [7, 11) is -3.95. The van der Waals surface area contributed by atoms with E-state index in [1.807, 2.05) is 0 Å². The number of carbonyl (C=O) groups excluding carboxylic acids is 4. The Bertz CT molecular complexity index is 1190. The van der Waals surface area contributed by atoms with Crippen LogP contribution in [0.25, 0.3) is 0 Å². The molecule has 11 nitrogen and oxygen atoms in total. The van der Waals surface area contributed by atoms with Crippen LogP contribution < -0.4 is 21.1 Å². The number of ether oxygens (including phenoxy) is 1. The number of benzene rings is 2. The van der Waals surface area contributed by atoms with Crippen molar-refractivity contribution in [1.82, 2.24) is 10.6 Å². The lowest BCUT2D eigenvalue weighted by Gasteiger charge is -2.09. The number of hydrogen-bond donors (Lipinski definition) is 4. The highest BCUT2D eigenvalue weighted by Crippen LogP contribution is 2.20. The average molecular weight is 517 g/mol. The van der Waals surface area contributed by atoms with E-state index in [9.17, 15) is 27.6 Å². The molecule has 0 spiro atoms. The topological polar surface area (TPSA) is 174 Å². The summed E-state index contributed by atoms with van der Waals surface area (Å²) in [6, 6.07) is 9.41. The fourth-order valence-electron chi connectivity index (χ4n) is 2.31. The van der Waals surface area contributed by atoms with E-state index in [2.05, 4.69) is 16.0 Å². The SMILES string of the molecule is NS(=O)(=O)c1cccc(NC(=O)COC(=O)CNC(=O)CNC(=O)c2ccc(Cl)cc2Cl)c1. The third kappa shape index (κ3) is 8.69. The lowest BCUT2D eigenvalue weighted by Crippen LogP contribution is -2.39. The van der Waals surface area contributed by atoms with Gasteiger partial charge in [0.2, 0.25) is 15.9 Å². The molecule has 0 saturated carbocycles.